The third kappa shape index (κ3) is 4.75. The van der Waals surface area contributed by atoms with Gasteiger partial charge in [-0.15, -0.1) is 0 Å². The van der Waals surface area contributed by atoms with Crippen LogP contribution in [0.1, 0.15) is 25.7 Å². The number of nitrogens with one attached hydrogen (secondary N) is 3. The molecule has 3 N–H and O–H groups in total. The van der Waals surface area contributed by atoms with Gasteiger partial charge in [-0.3, -0.25) is 14.7 Å². The molecule has 10 heteroatoms. The number of urea groups is 1. The first kappa shape index (κ1) is 18.3. The van der Waals surface area contributed by atoms with E-state index in [1.165, 1.54) is 0 Å². The van der Waals surface area contributed by atoms with Crippen LogP contribution in [0.15, 0.2) is 4.99 Å². The number of halogens is 3. The molecule has 1 aliphatic heterocycles. The maximum atomic E-state index is 12.7. The summed E-state index contributed by atoms with van der Waals surface area (Å²) in [6, 6.07) is -0.485. The summed E-state index contributed by atoms with van der Waals surface area (Å²) in [6.07, 6.45) is -3.04. The zero-order chi connectivity index (χ0) is 17.7. The van der Waals surface area contributed by atoms with Crippen molar-refractivity contribution in [1.82, 2.24) is 20.9 Å². The van der Waals surface area contributed by atoms with Crippen LogP contribution in [-0.4, -0.2) is 61.7 Å². The summed E-state index contributed by atoms with van der Waals surface area (Å²) in [5.74, 6) is -1.04. The van der Waals surface area contributed by atoms with Crippen molar-refractivity contribution in [1.29, 1.82) is 0 Å². The highest BCUT2D eigenvalue weighted by molar-refractivity contribution is 6.01. The van der Waals surface area contributed by atoms with Gasteiger partial charge in [0.05, 0.1) is 12.5 Å². The molecule has 2 aliphatic rings. The first-order valence-corrected chi connectivity index (χ1v) is 7.93. The molecule has 136 valence electrons. The van der Waals surface area contributed by atoms with Crippen molar-refractivity contribution in [2.24, 2.45) is 10.9 Å². The average Bonchev–Trinajstić information content (AvgIpc) is 2.85. The maximum absolute atomic E-state index is 12.7. The Kier molecular flexibility index (Phi) is 5.89. The van der Waals surface area contributed by atoms with E-state index in [4.69, 9.17) is 0 Å². The largest absolute Gasteiger partial charge is 0.391 e. The number of carbonyl (C=O) groups is 2. The van der Waals surface area contributed by atoms with Gasteiger partial charge in [-0.1, -0.05) is 0 Å². The highest BCUT2D eigenvalue weighted by atomic mass is 19.4. The number of hydrogen-bond acceptors (Lipinski definition) is 3. The van der Waals surface area contributed by atoms with Crippen LogP contribution >= 0.6 is 0 Å². The Morgan fingerprint density at radius 2 is 1.96 bits per heavy atom. The number of guanidine groups is 1. The van der Waals surface area contributed by atoms with Crippen molar-refractivity contribution in [3.63, 3.8) is 0 Å². The minimum Gasteiger partial charge on any atom is -0.355 e. The van der Waals surface area contributed by atoms with Gasteiger partial charge in [0, 0.05) is 26.2 Å². The van der Waals surface area contributed by atoms with E-state index in [0.29, 0.717) is 25.3 Å². The van der Waals surface area contributed by atoms with Crippen molar-refractivity contribution in [2.75, 3.05) is 26.7 Å². The Labute approximate surface area is 138 Å². The van der Waals surface area contributed by atoms with Crippen molar-refractivity contribution in [3.05, 3.63) is 0 Å². The molecule has 0 aromatic heterocycles. The lowest BCUT2D eigenvalue weighted by Crippen LogP contribution is -2.48. The summed E-state index contributed by atoms with van der Waals surface area (Å²) in [4.78, 5) is 27.9. The number of alkyl halides is 3. The second-order valence-electron chi connectivity index (χ2n) is 5.94. The summed E-state index contributed by atoms with van der Waals surface area (Å²) < 4.78 is 38.0. The van der Waals surface area contributed by atoms with Crippen LogP contribution in [0.25, 0.3) is 0 Å². The van der Waals surface area contributed by atoms with E-state index < -0.39 is 18.1 Å². The molecule has 24 heavy (non-hydrogen) atoms. The Morgan fingerprint density at radius 1 is 1.29 bits per heavy atom. The van der Waals surface area contributed by atoms with Gasteiger partial charge in [0.1, 0.15) is 0 Å². The summed E-state index contributed by atoms with van der Waals surface area (Å²) in [5, 5.41) is 8.49. The van der Waals surface area contributed by atoms with Gasteiger partial charge in [0.25, 0.3) is 0 Å². The molecule has 2 rings (SSSR count). The summed E-state index contributed by atoms with van der Waals surface area (Å²) in [7, 11) is 1.56. The van der Waals surface area contributed by atoms with Crippen molar-refractivity contribution < 1.29 is 22.8 Å². The lowest BCUT2D eigenvalue weighted by atomic mass is 9.85. The fraction of sp³-hybridized carbons (Fsp3) is 0.786. The monoisotopic (exact) mass is 349 g/mol. The number of imide groups is 1. The molecule has 0 atom stereocenters. The highest BCUT2D eigenvalue weighted by Crippen LogP contribution is 2.37. The topological polar surface area (TPSA) is 85.8 Å². The predicted molar refractivity (Wildman–Crippen MR) is 81.4 cm³/mol. The number of nitrogens with zero attached hydrogens (tertiary/aromatic N) is 2. The van der Waals surface area contributed by atoms with E-state index >= 15 is 0 Å². The number of carbonyl (C=O) groups excluding carboxylic acids is 2. The van der Waals surface area contributed by atoms with Gasteiger partial charge in [-0.25, -0.2) is 4.79 Å². The van der Waals surface area contributed by atoms with Crippen molar-refractivity contribution in [3.8, 4) is 0 Å². The third-order valence-electron chi connectivity index (χ3n) is 4.32. The fourth-order valence-corrected chi connectivity index (χ4v) is 2.92. The van der Waals surface area contributed by atoms with Gasteiger partial charge < -0.3 is 16.0 Å². The first-order chi connectivity index (χ1) is 11.3. The SMILES string of the molecule is CN=C(NCCN1C(=O)CNC1=O)NC1CCC(C(F)(F)F)CC1. The molecule has 0 unspecified atom stereocenters. The quantitative estimate of drug-likeness (QED) is 0.399. The minimum absolute atomic E-state index is 0.00819. The molecular formula is C14H22F3N5O2. The Morgan fingerprint density at radius 3 is 2.46 bits per heavy atom. The highest BCUT2D eigenvalue weighted by Gasteiger charge is 2.41. The van der Waals surface area contributed by atoms with E-state index in [9.17, 15) is 22.8 Å². The number of aliphatic imine (C=N–C) groups is 1. The zero-order valence-electron chi connectivity index (χ0n) is 13.4. The minimum atomic E-state index is -4.12. The van der Waals surface area contributed by atoms with Crippen LogP contribution in [0, 0.1) is 5.92 Å². The van der Waals surface area contributed by atoms with Crippen LogP contribution < -0.4 is 16.0 Å². The lowest BCUT2D eigenvalue weighted by Gasteiger charge is -2.31. The normalized spacial score (nSPS) is 25.7. The molecule has 7 nitrogen and oxygen atoms in total. The molecule has 3 amide bonds. The summed E-state index contributed by atoms with van der Waals surface area (Å²) in [6.45, 7) is 0.525. The molecule has 1 saturated carbocycles. The first-order valence-electron chi connectivity index (χ1n) is 7.93. The van der Waals surface area contributed by atoms with Crippen LogP contribution in [0.2, 0.25) is 0 Å². The zero-order valence-corrected chi connectivity index (χ0v) is 13.4. The molecule has 1 aliphatic carbocycles. The summed E-state index contributed by atoms with van der Waals surface area (Å²) >= 11 is 0. The van der Waals surface area contributed by atoms with Crippen LogP contribution in [0.4, 0.5) is 18.0 Å². The Hall–Kier alpha value is -2.00. The van der Waals surface area contributed by atoms with Crippen molar-refractivity contribution >= 4 is 17.9 Å². The van der Waals surface area contributed by atoms with E-state index in [1.54, 1.807) is 7.05 Å². The van der Waals surface area contributed by atoms with Crippen LogP contribution in [0.5, 0.6) is 0 Å². The lowest BCUT2D eigenvalue weighted by molar-refractivity contribution is -0.182. The van der Waals surface area contributed by atoms with E-state index in [0.717, 1.165) is 4.90 Å². The van der Waals surface area contributed by atoms with Crippen LogP contribution in [0.3, 0.4) is 0 Å². The predicted octanol–water partition coefficient (Wildman–Crippen LogP) is 0.824. The molecule has 0 radical (unpaired) electrons. The standard InChI is InChI=1S/C14H22F3N5O2/c1-18-12(19-6-7-22-11(23)8-20-13(22)24)21-10-4-2-9(3-5-10)14(15,16)17/h9-10H,2-8H2,1H3,(H,20,24)(H2,18,19,21). The molecule has 0 spiro atoms. The number of hydrogen-bond donors (Lipinski definition) is 3. The molecule has 1 saturated heterocycles. The smallest absolute Gasteiger partial charge is 0.355 e. The molecule has 0 aromatic carbocycles. The van der Waals surface area contributed by atoms with E-state index in [1.807, 2.05) is 0 Å². The van der Waals surface area contributed by atoms with Gasteiger partial charge >= 0.3 is 12.2 Å². The second kappa shape index (κ2) is 7.71. The number of rotatable bonds is 4. The Bertz CT molecular complexity index is 485. The second-order valence-corrected chi connectivity index (χ2v) is 5.94. The Balaban J connectivity index is 1.71. The molecule has 0 aromatic rings. The molecule has 2 fully saturated rings. The molecular weight excluding hydrogens is 327 g/mol. The van der Waals surface area contributed by atoms with Gasteiger partial charge in [0.15, 0.2) is 5.96 Å². The third-order valence-corrected chi connectivity index (χ3v) is 4.32. The fourth-order valence-electron chi connectivity index (χ4n) is 2.92. The van der Waals surface area contributed by atoms with E-state index in [-0.39, 0.29) is 37.9 Å². The molecule has 0 bridgehead atoms. The van der Waals surface area contributed by atoms with Gasteiger partial charge in [-0.2, -0.15) is 13.2 Å². The summed E-state index contributed by atoms with van der Waals surface area (Å²) in [5.41, 5.74) is 0. The van der Waals surface area contributed by atoms with Gasteiger partial charge in [0.2, 0.25) is 5.91 Å². The maximum Gasteiger partial charge on any atom is 0.391 e. The average molecular weight is 349 g/mol. The van der Waals surface area contributed by atoms with E-state index in [2.05, 4.69) is 20.9 Å². The van der Waals surface area contributed by atoms with Gasteiger partial charge in [-0.05, 0) is 25.7 Å². The van der Waals surface area contributed by atoms with Crippen LogP contribution in [-0.2, 0) is 4.79 Å². The van der Waals surface area contributed by atoms with Crippen molar-refractivity contribution in [2.45, 2.75) is 37.9 Å². The number of amides is 3. The molecule has 1 heterocycles.